The summed E-state index contributed by atoms with van der Waals surface area (Å²) in [6.45, 7) is 2.50. The van der Waals surface area contributed by atoms with E-state index in [2.05, 4.69) is 0 Å². The topological polar surface area (TPSA) is 35.5 Å². The number of hydrogen-bond acceptors (Lipinski definition) is 3. The zero-order valence-electron chi connectivity index (χ0n) is 11.2. The lowest BCUT2D eigenvalue weighted by Gasteiger charge is -2.24. The highest BCUT2D eigenvalue weighted by atomic mass is 16.7. The number of ether oxygens (including phenoxy) is 2. The van der Waals surface area contributed by atoms with E-state index in [1.807, 2.05) is 36.4 Å². The van der Waals surface area contributed by atoms with Crippen molar-refractivity contribution >= 4 is 11.9 Å². The van der Waals surface area contributed by atoms with Gasteiger partial charge in [-0.3, -0.25) is 4.79 Å². The Hall–Kier alpha value is -1.45. The number of carbonyl (C=O) groups is 1. The minimum atomic E-state index is -0.455. The molecule has 1 aliphatic rings. The number of hydrogen-bond donors (Lipinski definition) is 0. The number of carbonyl (C=O) groups excluding carboxylic acids is 1. The molecule has 0 spiro atoms. The molecule has 0 N–H and O–H groups in total. The summed E-state index contributed by atoms with van der Waals surface area (Å²) in [6, 6.07) is 9.75. The van der Waals surface area contributed by atoms with E-state index in [4.69, 9.17) is 9.47 Å². The molecule has 102 valence electrons. The van der Waals surface area contributed by atoms with Gasteiger partial charge in [0, 0.05) is 6.61 Å². The van der Waals surface area contributed by atoms with Crippen molar-refractivity contribution < 1.29 is 14.3 Å². The average Bonchev–Trinajstić information content (AvgIpc) is 2.47. The summed E-state index contributed by atoms with van der Waals surface area (Å²) < 4.78 is 11.1. The zero-order chi connectivity index (χ0) is 13.5. The number of rotatable bonds is 5. The third kappa shape index (κ3) is 4.62. The molecule has 0 radical (unpaired) electrons. The summed E-state index contributed by atoms with van der Waals surface area (Å²) in [7, 11) is 0. The van der Waals surface area contributed by atoms with Crippen LogP contribution in [-0.2, 0) is 14.3 Å². The summed E-state index contributed by atoms with van der Waals surface area (Å²) in [5.41, 5.74) is 1.01. The van der Waals surface area contributed by atoms with Gasteiger partial charge in [-0.2, -0.15) is 0 Å². The van der Waals surface area contributed by atoms with Gasteiger partial charge in [-0.1, -0.05) is 36.4 Å². The summed E-state index contributed by atoms with van der Waals surface area (Å²) >= 11 is 0. The van der Waals surface area contributed by atoms with Crippen LogP contribution in [0.1, 0.15) is 31.7 Å². The van der Waals surface area contributed by atoms with Gasteiger partial charge in [-0.05, 0) is 37.8 Å². The third-order valence-electron chi connectivity index (χ3n) is 3.13. The largest absolute Gasteiger partial charge is 0.353 e. The molecule has 19 heavy (non-hydrogen) atoms. The standard InChI is InChI=1S/C16H20O3/c1-13(19-16-9-5-6-12-18-16)15(17)11-10-14-7-3-2-4-8-14/h2-4,7-8,10-11,13,16H,5-6,9,12H2,1H3/b11-10+/t13-,16?/m0/s1. The maximum Gasteiger partial charge on any atom is 0.184 e. The molecular formula is C16H20O3. The van der Waals surface area contributed by atoms with Crippen molar-refractivity contribution in [3.8, 4) is 0 Å². The van der Waals surface area contributed by atoms with Gasteiger partial charge >= 0.3 is 0 Å². The molecule has 1 aliphatic heterocycles. The fraction of sp³-hybridized carbons (Fsp3) is 0.438. The van der Waals surface area contributed by atoms with Crippen LogP contribution in [0.4, 0.5) is 0 Å². The van der Waals surface area contributed by atoms with Gasteiger partial charge in [0.05, 0.1) is 0 Å². The molecule has 0 saturated carbocycles. The van der Waals surface area contributed by atoms with Gasteiger partial charge in [-0.15, -0.1) is 0 Å². The Balaban J connectivity index is 1.83. The van der Waals surface area contributed by atoms with E-state index in [0.29, 0.717) is 0 Å². The molecule has 3 heteroatoms. The molecule has 1 saturated heterocycles. The van der Waals surface area contributed by atoms with Crippen molar-refractivity contribution in [3.05, 3.63) is 42.0 Å². The summed E-state index contributed by atoms with van der Waals surface area (Å²) in [5.74, 6) is -0.0296. The Morgan fingerprint density at radius 2 is 2.16 bits per heavy atom. The first-order valence-electron chi connectivity index (χ1n) is 6.80. The van der Waals surface area contributed by atoms with Crippen molar-refractivity contribution in [2.45, 2.75) is 38.6 Å². The van der Waals surface area contributed by atoms with Crippen molar-refractivity contribution in [2.24, 2.45) is 0 Å². The smallest absolute Gasteiger partial charge is 0.184 e. The van der Waals surface area contributed by atoms with Crippen molar-refractivity contribution in [1.82, 2.24) is 0 Å². The van der Waals surface area contributed by atoms with Crippen LogP contribution in [0.3, 0.4) is 0 Å². The molecule has 1 heterocycles. The van der Waals surface area contributed by atoms with Crippen LogP contribution in [-0.4, -0.2) is 24.8 Å². The second-order valence-corrected chi connectivity index (χ2v) is 4.72. The van der Waals surface area contributed by atoms with Crippen LogP contribution in [0.15, 0.2) is 36.4 Å². The van der Waals surface area contributed by atoms with Gasteiger partial charge in [-0.25, -0.2) is 0 Å². The van der Waals surface area contributed by atoms with Crippen LogP contribution < -0.4 is 0 Å². The van der Waals surface area contributed by atoms with Crippen molar-refractivity contribution in [3.63, 3.8) is 0 Å². The minimum Gasteiger partial charge on any atom is -0.353 e. The predicted octanol–water partition coefficient (Wildman–Crippen LogP) is 3.20. The second kappa shape index (κ2) is 7.22. The third-order valence-corrected chi connectivity index (χ3v) is 3.13. The predicted molar refractivity (Wildman–Crippen MR) is 74.6 cm³/mol. The maximum absolute atomic E-state index is 11.9. The van der Waals surface area contributed by atoms with Gasteiger partial charge in [0.2, 0.25) is 0 Å². The lowest BCUT2D eigenvalue weighted by molar-refractivity contribution is -0.186. The maximum atomic E-state index is 11.9. The van der Waals surface area contributed by atoms with Gasteiger partial charge in [0.25, 0.3) is 0 Å². The summed E-state index contributed by atoms with van der Waals surface area (Å²) in [5, 5.41) is 0. The minimum absolute atomic E-state index is 0.0296. The Morgan fingerprint density at radius 1 is 1.37 bits per heavy atom. The van der Waals surface area contributed by atoms with Gasteiger partial charge in [0.1, 0.15) is 6.10 Å². The van der Waals surface area contributed by atoms with E-state index in [1.165, 1.54) is 0 Å². The zero-order valence-corrected chi connectivity index (χ0v) is 11.2. The van der Waals surface area contributed by atoms with E-state index in [0.717, 1.165) is 31.4 Å². The summed E-state index contributed by atoms with van der Waals surface area (Å²) in [6.07, 6.45) is 5.76. The first kappa shape index (κ1) is 14.0. The van der Waals surface area contributed by atoms with Gasteiger partial charge < -0.3 is 9.47 Å². The highest BCUT2D eigenvalue weighted by Gasteiger charge is 2.20. The Kier molecular flexibility index (Phi) is 5.31. The van der Waals surface area contributed by atoms with E-state index >= 15 is 0 Å². The SMILES string of the molecule is C[C@H](OC1CCCCO1)C(=O)/C=C/c1ccccc1. The van der Waals surface area contributed by atoms with Gasteiger partial charge in [0.15, 0.2) is 12.1 Å². The Bertz CT molecular complexity index is 419. The molecule has 0 aromatic heterocycles. The van der Waals surface area contributed by atoms with Crippen LogP contribution in [0.25, 0.3) is 6.08 Å². The first-order chi connectivity index (χ1) is 9.25. The molecule has 0 bridgehead atoms. The van der Waals surface area contributed by atoms with Crippen molar-refractivity contribution in [1.29, 1.82) is 0 Å². The molecule has 1 fully saturated rings. The molecule has 1 unspecified atom stereocenters. The quantitative estimate of drug-likeness (QED) is 0.763. The molecule has 0 aliphatic carbocycles. The van der Waals surface area contributed by atoms with Crippen LogP contribution in [0.5, 0.6) is 0 Å². The second-order valence-electron chi connectivity index (χ2n) is 4.72. The van der Waals surface area contributed by atoms with Crippen LogP contribution >= 0.6 is 0 Å². The number of benzene rings is 1. The number of ketones is 1. The molecule has 2 rings (SSSR count). The molecule has 2 atom stereocenters. The van der Waals surface area contributed by atoms with Crippen LogP contribution in [0.2, 0.25) is 0 Å². The van der Waals surface area contributed by atoms with E-state index < -0.39 is 6.10 Å². The molecule has 1 aromatic rings. The van der Waals surface area contributed by atoms with E-state index in [9.17, 15) is 4.79 Å². The molecule has 1 aromatic carbocycles. The average molecular weight is 260 g/mol. The lowest BCUT2D eigenvalue weighted by atomic mass is 10.1. The van der Waals surface area contributed by atoms with Crippen molar-refractivity contribution in [2.75, 3.05) is 6.61 Å². The fourth-order valence-corrected chi connectivity index (χ4v) is 1.99. The summed E-state index contributed by atoms with van der Waals surface area (Å²) in [4.78, 5) is 11.9. The molecular weight excluding hydrogens is 240 g/mol. The normalized spacial score (nSPS) is 21.4. The molecule has 3 nitrogen and oxygen atoms in total. The molecule has 0 amide bonds. The highest BCUT2D eigenvalue weighted by Crippen LogP contribution is 2.16. The van der Waals surface area contributed by atoms with E-state index in [1.54, 1.807) is 13.0 Å². The first-order valence-corrected chi connectivity index (χ1v) is 6.80. The van der Waals surface area contributed by atoms with Crippen LogP contribution in [0, 0.1) is 0 Å². The highest BCUT2D eigenvalue weighted by molar-refractivity contribution is 5.96. The monoisotopic (exact) mass is 260 g/mol. The lowest BCUT2D eigenvalue weighted by Crippen LogP contribution is -2.30. The Labute approximate surface area is 114 Å². The fourth-order valence-electron chi connectivity index (χ4n) is 1.99. The van der Waals surface area contributed by atoms with E-state index in [-0.39, 0.29) is 12.1 Å². The Morgan fingerprint density at radius 3 is 2.84 bits per heavy atom.